The molecule has 0 aromatic heterocycles. The average molecular weight is 236 g/mol. The molecule has 0 bridgehead atoms. The molecule has 0 aliphatic heterocycles. The highest BCUT2D eigenvalue weighted by molar-refractivity contribution is 5.81. The van der Waals surface area contributed by atoms with Gasteiger partial charge in [-0.05, 0) is 38.2 Å². The SMILES string of the molecule is CCOC(=O)/C=C/CCCC(O)C1=CCC=C1. The zero-order valence-electron chi connectivity index (χ0n) is 10.3. The lowest BCUT2D eigenvalue weighted by atomic mass is 10.1. The van der Waals surface area contributed by atoms with Gasteiger partial charge in [-0.15, -0.1) is 0 Å². The number of carbonyl (C=O) groups excluding carboxylic acids is 1. The van der Waals surface area contributed by atoms with E-state index in [2.05, 4.69) is 0 Å². The van der Waals surface area contributed by atoms with Crippen molar-refractivity contribution in [3.8, 4) is 0 Å². The van der Waals surface area contributed by atoms with Gasteiger partial charge in [0.05, 0.1) is 12.7 Å². The van der Waals surface area contributed by atoms with E-state index in [4.69, 9.17) is 4.74 Å². The van der Waals surface area contributed by atoms with Gasteiger partial charge in [-0.1, -0.05) is 24.3 Å². The lowest BCUT2D eigenvalue weighted by molar-refractivity contribution is -0.137. The summed E-state index contributed by atoms with van der Waals surface area (Å²) in [5.41, 5.74) is 1.01. The second-order valence-corrected chi connectivity index (χ2v) is 3.94. The normalized spacial score (nSPS) is 16.2. The van der Waals surface area contributed by atoms with Crippen LogP contribution in [0, 0.1) is 0 Å². The Kier molecular flexibility index (Phi) is 6.33. The molecule has 0 fully saturated rings. The quantitative estimate of drug-likeness (QED) is 0.420. The Balaban J connectivity index is 2.11. The van der Waals surface area contributed by atoms with Crippen LogP contribution < -0.4 is 0 Å². The molecule has 1 aliphatic rings. The van der Waals surface area contributed by atoms with E-state index in [0.717, 1.165) is 31.3 Å². The largest absolute Gasteiger partial charge is 0.463 e. The number of allylic oxidation sites excluding steroid dienone is 3. The molecule has 0 heterocycles. The van der Waals surface area contributed by atoms with Crippen molar-refractivity contribution < 1.29 is 14.6 Å². The van der Waals surface area contributed by atoms with Crippen molar-refractivity contribution >= 4 is 5.97 Å². The molecule has 0 amide bonds. The van der Waals surface area contributed by atoms with Crippen LogP contribution in [0.1, 0.15) is 32.6 Å². The fourth-order valence-electron chi connectivity index (χ4n) is 1.69. The summed E-state index contributed by atoms with van der Waals surface area (Å²) >= 11 is 0. The van der Waals surface area contributed by atoms with Crippen LogP contribution in [-0.4, -0.2) is 23.8 Å². The van der Waals surface area contributed by atoms with E-state index in [1.807, 2.05) is 18.2 Å². The van der Waals surface area contributed by atoms with Gasteiger partial charge in [0.15, 0.2) is 0 Å². The number of aliphatic hydroxyl groups excluding tert-OH is 1. The van der Waals surface area contributed by atoms with Gasteiger partial charge in [-0.25, -0.2) is 4.79 Å². The number of aliphatic hydroxyl groups is 1. The van der Waals surface area contributed by atoms with E-state index in [-0.39, 0.29) is 12.1 Å². The molecule has 3 nitrogen and oxygen atoms in total. The van der Waals surface area contributed by atoms with Crippen LogP contribution in [-0.2, 0) is 9.53 Å². The minimum absolute atomic E-state index is 0.297. The summed E-state index contributed by atoms with van der Waals surface area (Å²) in [7, 11) is 0. The van der Waals surface area contributed by atoms with Crippen LogP contribution in [0.15, 0.2) is 36.0 Å². The van der Waals surface area contributed by atoms with Gasteiger partial charge >= 0.3 is 5.97 Å². The Bertz CT molecular complexity index is 326. The van der Waals surface area contributed by atoms with E-state index < -0.39 is 0 Å². The molecule has 0 saturated carbocycles. The minimum Gasteiger partial charge on any atom is -0.463 e. The van der Waals surface area contributed by atoms with Crippen molar-refractivity contribution in [2.45, 2.75) is 38.7 Å². The Hall–Kier alpha value is -1.35. The van der Waals surface area contributed by atoms with E-state index in [1.54, 1.807) is 13.0 Å². The number of carbonyl (C=O) groups is 1. The van der Waals surface area contributed by atoms with Gasteiger partial charge in [0, 0.05) is 6.08 Å². The highest BCUT2D eigenvalue weighted by Gasteiger charge is 2.09. The van der Waals surface area contributed by atoms with Gasteiger partial charge < -0.3 is 9.84 Å². The van der Waals surface area contributed by atoms with Crippen molar-refractivity contribution in [2.24, 2.45) is 0 Å². The monoisotopic (exact) mass is 236 g/mol. The molecule has 0 radical (unpaired) electrons. The summed E-state index contributed by atoms with van der Waals surface area (Å²) in [5.74, 6) is -0.297. The summed E-state index contributed by atoms with van der Waals surface area (Å²) in [6, 6.07) is 0. The summed E-state index contributed by atoms with van der Waals surface area (Å²) < 4.78 is 4.76. The van der Waals surface area contributed by atoms with Crippen LogP contribution in [0.5, 0.6) is 0 Å². The highest BCUT2D eigenvalue weighted by Crippen LogP contribution is 2.17. The summed E-state index contributed by atoms with van der Waals surface area (Å²) in [6.45, 7) is 2.19. The maximum Gasteiger partial charge on any atom is 0.330 e. The number of hydrogen-bond acceptors (Lipinski definition) is 3. The standard InChI is InChI=1S/C14H20O3/c1-2-17-14(16)11-5-3-4-10-13(15)12-8-6-7-9-12/h5-6,8-9,11,13,15H,2-4,7,10H2,1H3/b11-5+. The van der Waals surface area contributed by atoms with Crippen molar-refractivity contribution in [3.63, 3.8) is 0 Å². The number of unbranched alkanes of at least 4 members (excludes halogenated alkanes) is 1. The Morgan fingerprint density at radius 3 is 3.12 bits per heavy atom. The van der Waals surface area contributed by atoms with Gasteiger partial charge in [0.2, 0.25) is 0 Å². The van der Waals surface area contributed by atoms with Crippen molar-refractivity contribution in [2.75, 3.05) is 6.61 Å². The van der Waals surface area contributed by atoms with Crippen molar-refractivity contribution in [1.82, 2.24) is 0 Å². The van der Waals surface area contributed by atoms with E-state index in [9.17, 15) is 9.90 Å². The molecule has 1 aliphatic carbocycles. The average Bonchev–Trinajstić information content (AvgIpc) is 2.82. The number of esters is 1. The fraction of sp³-hybridized carbons (Fsp3) is 0.500. The molecule has 1 unspecified atom stereocenters. The molecule has 1 atom stereocenters. The second-order valence-electron chi connectivity index (χ2n) is 3.94. The maximum atomic E-state index is 11.0. The zero-order valence-corrected chi connectivity index (χ0v) is 10.3. The molecule has 3 heteroatoms. The van der Waals surface area contributed by atoms with Gasteiger partial charge in [-0.2, -0.15) is 0 Å². The van der Waals surface area contributed by atoms with E-state index in [1.165, 1.54) is 6.08 Å². The van der Waals surface area contributed by atoms with E-state index in [0.29, 0.717) is 6.61 Å². The number of hydrogen-bond donors (Lipinski definition) is 1. The Morgan fingerprint density at radius 1 is 1.65 bits per heavy atom. The fourth-order valence-corrected chi connectivity index (χ4v) is 1.69. The van der Waals surface area contributed by atoms with E-state index >= 15 is 0 Å². The molecule has 17 heavy (non-hydrogen) atoms. The van der Waals surface area contributed by atoms with Crippen LogP contribution in [0.25, 0.3) is 0 Å². The first-order chi connectivity index (χ1) is 8.24. The van der Waals surface area contributed by atoms with Crippen LogP contribution in [0.3, 0.4) is 0 Å². The van der Waals surface area contributed by atoms with Crippen LogP contribution >= 0.6 is 0 Å². The molecule has 1 rings (SSSR count). The molecule has 0 spiro atoms. The third-order valence-corrected chi connectivity index (χ3v) is 2.57. The first-order valence-corrected chi connectivity index (χ1v) is 6.12. The molecular weight excluding hydrogens is 216 g/mol. The first-order valence-electron chi connectivity index (χ1n) is 6.12. The minimum atomic E-state index is -0.371. The summed E-state index contributed by atoms with van der Waals surface area (Å²) in [5, 5.41) is 9.81. The third-order valence-electron chi connectivity index (χ3n) is 2.57. The Labute approximate surface area is 102 Å². The number of rotatable bonds is 7. The summed E-state index contributed by atoms with van der Waals surface area (Å²) in [6.07, 6.45) is 12.2. The molecule has 0 aromatic rings. The third kappa shape index (κ3) is 5.50. The molecule has 0 saturated heterocycles. The van der Waals surface area contributed by atoms with Crippen LogP contribution in [0.2, 0.25) is 0 Å². The molecular formula is C14H20O3. The molecule has 1 N–H and O–H groups in total. The first kappa shape index (κ1) is 13.7. The van der Waals surface area contributed by atoms with Gasteiger partial charge in [-0.3, -0.25) is 0 Å². The Morgan fingerprint density at radius 2 is 2.47 bits per heavy atom. The van der Waals surface area contributed by atoms with Crippen molar-refractivity contribution in [1.29, 1.82) is 0 Å². The smallest absolute Gasteiger partial charge is 0.330 e. The van der Waals surface area contributed by atoms with Crippen LogP contribution in [0.4, 0.5) is 0 Å². The predicted octanol–water partition coefficient (Wildman–Crippen LogP) is 2.52. The number of ether oxygens (including phenoxy) is 1. The van der Waals surface area contributed by atoms with Gasteiger partial charge in [0.1, 0.15) is 0 Å². The highest BCUT2D eigenvalue weighted by atomic mass is 16.5. The topological polar surface area (TPSA) is 46.5 Å². The maximum absolute atomic E-state index is 11.0. The van der Waals surface area contributed by atoms with Crippen molar-refractivity contribution in [3.05, 3.63) is 36.0 Å². The lowest BCUT2D eigenvalue weighted by Gasteiger charge is -2.08. The molecule has 0 aromatic carbocycles. The van der Waals surface area contributed by atoms with Gasteiger partial charge in [0.25, 0.3) is 0 Å². The zero-order chi connectivity index (χ0) is 12.5. The molecule has 94 valence electrons. The second kappa shape index (κ2) is 7.85. The summed E-state index contributed by atoms with van der Waals surface area (Å²) in [4.78, 5) is 11.0. The lowest BCUT2D eigenvalue weighted by Crippen LogP contribution is -2.07. The predicted molar refractivity (Wildman–Crippen MR) is 67.5 cm³/mol.